The highest BCUT2D eigenvalue weighted by atomic mass is 32.2. The Hall–Kier alpha value is -3.02. The highest BCUT2D eigenvalue weighted by Gasteiger charge is 2.16. The molecule has 0 atom stereocenters. The lowest BCUT2D eigenvalue weighted by molar-refractivity contribution is 0.355. The summed E-state index contributed by atoms with van der Waals surface area (Å²) in [5, 5.41) is 7.88. The molecular formula is C18H24N6O4S. The number of nitrogens with two attached hydrogens (primary N) is 1. The van der Waals surface area contributed by atoms with Crippen molar-refractivity contribution in [3.8, 4) is 11.5 Å². The first-order valence-electron chi connectivity index (χ1n) is 8.50. The fraction of sp³-hybridized carbons (Fsp3) is 0.278. The molecule has 0 bridgehead atoms. The van der Waals surface area contributed by atoms with Gasteiger partial charge in [-0.05, 0) is 24.9 Å². The number of rotatable bonds is 10. The van der Waals surface area contributed by atoms with Crippen molar-refractivity contribution in [2.24, 2.45) is 15.1 Å². The summed E-state index contributed by atoms with van der Waals surface area (Å²) < 4.78 is 34.6. The summed E-state index contributed by atoms with van der Waals surface area (Å²) in [5.41, 5.74) is 2.74. The molecule has 11 heteroatoms. The second-order valence-corrected chi connectivity index (χ2v) is 7.13. The molecule has 0 unspecified atom stereocenters. The molecular weight excluding hydrogens is 396 g/mol. The second-order valence-electron chi connectivity index (χ2n) is 5.75. The largest absolute Gasteiger partial charge is 0.493 e. The number of aromatic nitrogens is 1. The van der Waals surface area contributed by atoms with Crippen molar-refractivity contribution < 1.29 is 17.9 Å². The van der Waals surface area contributed by atoms with Crippen LogP contribution in [0.15, 0.2) is 40.4 Å². The molecule has 0 radical (unpaired) electrons. The average Bonchev–Trinajstić information content (AvgIpc) is 2.71. The molecule has 1 aromatic carbocycles. The zero-order chi connectivity index (χ0) is 21.4. The van der Waals surface area contributed by atoms with E-state index in [1.54, 1.807) is 45.7 Å². The minimum absolute atomic E-state index is 0.143. The third-order valence-electron chi connectivity index (χ3n) is 3.92. The van der Waals surface area contributed by atoms with E-state index < -0.39 is 10.2 Å². The molecule has 0 aliphatic carbocycles. The van der Waals surface area contributed by atoms with Crippen molar-refractivity contribution in [3.05, 3.63) is 41.6 Å². The Kier molecular flexibility index (Phi) is 7.65. The first kappa shape index (κ1) is 22.3. The van der Waals surface area contributed by atoms with E-state index in [2.05, 4.69) is 31.7 Å². The van der Waals surface area contributed by atoms with Gasteiger partial charge in [0.1, 0.15) is 5.82 Å². The van der Waals surface area contributed by atoms with E-state index in [1.165, 1.54) is 0 Å². The summed E-state index contributed by atoms with van der Waals surface area (Å²) in [7, 11) is 1.07. The molecule has 1 heterocycles. The molecule has 4 N–H and O–H groups in total. The Morgan fingerprint density at radius 1 is 1.21 bits per heavy atom. The molecule has 0 fully saturated rings. The second kappa shape index (κ2) is 9.96. The van der Waals surface area contributed by atoms with Crippen molar-refractivity contribution in [2.75, 3.05) is 39.7 Å². The van der Waals surface area contributed by atoms with Crippen LogP contribution in [0.25, 0.3) is 0 Å². The van der Waals surface area contributed by atoms with E-state index in [0.717, 1.165) is 11.1 Å². The molecule has 0 aliphatic heterocycles. The average molecular weight is 420 g/mol. The van der Waals surface area contributed by atoms with Crippen molar-refractivity contribution >= 4 is 34.1 Å². The van der Waals surface area contributed by atoms with E-state index >= 15 is 0 Å². The summed E-state index contributed by atoms with van der Waals surface area (Å²) in [5.74, 6) is 1.67. The molecule has 2 rings (SSSR count). The standard InChI is InChI=1S/C18H24N6O4S/c1-20-14-10-16(28-4)15(27-3)9-13(14)18(21-2)12-5-6-17(23-11-12)22-7-8-24-29(19,25)26/h5-6,9-11,24H,1,7-8H2,2-4H3,(H,22,23)(H2,19,25,26). The number of pyridine rings is 1. The van der Waals surface area contributed by atoms with Gasteiger partial charge in [-0.3, -0.25) is 9.98 Å². The molecule has 0 saturated carbocycles. The highest BCUT2D eigenvalue weighted by Crippen LogP contribution is 2.36. The SMILES string of the molecule is C=Nc1cc(OC)c(OC)cc1C(=NC)c1ccc(NCCNS(N)(=O)=O)nc1. The fourth-order valence-corrected chi connectivity index (χ4v) is 3.00. The number of hydrogen-bond donors (Lipinski definition) is 3. The lowest BCUT2D eigenvalue weighted by Crippen LogP contribution is -2.34. The molecule has 0 aliphatic rings. The molecule has 2 aromatic rings. The summed E-state index contributed by atoms with van der Waals surface area (Å²) >= 11 is 0. The molecule has 0 saturated heterocycles. The number of anilines is 1. The van der Waals surface area contributed by atoms with Gasteiger partial charge >= 0.3 is 0 Å². The summed E-state index contributed by atoms with van der Waals surface area (Å²) in [6, 6.07) is 7.12. The van der Waals surface area contributed by atoms with Crippen LogP contribution in [0.3, 0.4) is 0 Å². The van der Waals surface area contributed by atoms with Crippen LogP contribution in [0, 0.1) is 0 Å². The number of ether oxygens (including phenoxy) is 2. The third-order valence-corrected chi connectivity index (χ3v) is 4.53. The minimum Gasteiger partial charge on any atom is -0.493 e. The van der Waals surface area contributed by atoms with Crippen molar-refractivity contribution in [1.82, 2.24) is 9.71 Å². The van der Waals surface area contributed by atoms with Gasteiger partial charge in [0.15, 0.2) is 11.5 Å². The maximum absolute atomic E-state index is 10.8. The van der Waals surface area contributed by atoms with Gasteiger partial charge in [-0.15, -0.1) is 0 Å². The lowest BCUT2D eigenvalue weighted by atomic mass is 10.0. The number of nitrogens with zero attached hydrogens (tertiary/aromatic N) is 3. The van der Waals surface area contributed by atoms with Crippen LogP contribution in [-0.4, -0.2) is 60.2 Å². The van der Waals surface area contributed by atoms with Gasteiger partial charge in [0.2, 0.25) is 0 Å². The topological polar surface area (TPSA) is 140 Å². The Morgan fingerprint density at radius 3 is 2.41 bits per heavy atom. The highest BCUT2D eigenvalue weighted by molar-refractivity contribution is 7.87. The number of benzene rings is 1. The van der Waals surface area contributed by atoms with E-state index in [1.807, 2.05) is 6.07 Å². The third kappa shape index (κ3) is 5.98. The van der Waals surface area contributed by atoms with E-state index in [9.17, 15) is 8.42 Å². The maximum atomic E-state index is 10.8. The summed E-state index contributed by atoms with van der Waals surface area (Å²) in [6.45, 7) is 4.10. The van der Waals surface area contributed by atoms with Crippen LogP contribution in [0.1, 0.15) is 11.1 Å². The number of nitrogens with one attached hydrogen (secondary N) is 2. The molecule has 0 spiro atoms. The number of methoxy groups -OCH3 is 2. The van der Waals surface area contributed by atoms with E-state index in [0.29, 0.717) is 35.3 Å². The van der Waals surface area contributed by atoms with E-state index in [4.69, 9.17) is 14.6 Å². The molecule has 29 heavy (non-hydrogen) atoms. The smallest absolute Gasteiger partial charge is 0.274 e. The van der Waals surface area contributed by atoms with Crippen LogP contribution >= 0.6 is 0 Å². The first-order valence-corrected chi connectivity index (χ1v) is 10.0. The number of aliphatic imine (C=N–C) groups is 2. The van der Waals surface area contributed by atoms with Crippen molar-refractivity contribution in [1.29, 1.82) is 0 Å². The van der Waals surface area contributed by atoms with Gasteiger partial charge in [0.25, 0.3) is 10.2 Å². The quantitative estimate of drug-likeness (QED) is 0.388. The number of hydrogen-bond acceptors (Lipinski definition) is 8. The predicted molar refractivity (Wildman–Crippen MR) is 114 cm³/mol. The van der Waals surface area contributed by atoms with Crippen molar-refractivity contribution in [3.63, 3.8) is 0 Å². The lowest BCUT2D eigenvalue weighted by Gasteiger charge is -2.14. The molecule has 10 nitrogen and oxygen atoms in total. The van der Waals surface area contributed by atoms with E-state index in [-0.39, 0.29) is 6.54 Å². The Labute approximate surface area is 170 Å². The first-order chi connectivity index (χ1) is 13.8. The molecule has 156 valence electrons. The summed E-state index contributed by atoms with van der Waals surface area (Å²) in [4.78, 5) is 12.8. The van der Waals surface area contributed by atoms with Crippen LogP contribution < -0.4 is 24.7 Å². The normalized spacial score (nSPS) is 11.8. The molecule has 1 aromatic heterocycles. The van der Waals surface area contributed by atoms with Crippen LogP contribution in [0.4, 0.5) is 11.5 Å². The predicted octanol–water partition coefficient (Wildman–Crippen LogP) is 1.10. The zero-order valence-corrected chi connectivity index (χ0v) is 17.3. The van der Waals surface area contributed by atoms with Gasteiger partial charge < -0.3 is 14.8 Å². The van der Waals surface area contributed by atoms with Gasteiger partial charge in [-0.2, -0.15) is 8.42 Å². The van der Waals surface area contributed by atoms with Crippen LogP contribution in [0.5, 0.6) is 11.5 Å². The monoisotopic (exact) mass is 420 g/mol. The Morgan fingerprint density at radius 2 is 1.90 bits per heavy atom. The zero-order valence-electron chi connectivity index (χ0n) is 16.5. The van der Waals surface area contributed by atoms with Gasteiger partial charge in [0.05, 0.1) is 25.6 Å². The van der Waals surface area contributed by atoms with Crippen LogP contribution in [-0.2, 0) is 10.2 Å². The Balaban J connectivity index is 2.23. The van der Waals surface area contributed by atoms with Crippen molar-refractivity contribution in [2.45, 2.75) is 0 Å². The Bertz CT molecular complexity index is 990. The minimum atomic E-state index is -3.71. The van der Waals surface area contributed by atoms with Gasteiger partial charge in [-0.1, -0.05) is 0 Å². The van der Waals surface area contributed by atoms with Gasteiger partial charge in [-0.25, -0.2) is 14.8 Å². The maximum Gasteiger partial charge on any atom is 0.274 e. The summed E-state index contributed by atoms with van der Waals surface area (Å²) in [6.07, 6.45) is 1.65. The van der Waals surface area contributed by atoms with Crippen LogP contribution in [0.2, 0.25) is 0 Å². The van der Waals surface area contributed by atoms with Gasteiger partial charge in [0, 0.05) is 43.5 Å². The molecule has 0 amide bonds. The fourth-order valence-electron chi connectivity index (χ4n) is 2.62.